The van der Waals surface area contributed by atoms with Crippen molar-refractivity contribution in [2.75, 3.05) is 0 Å². The first-order valence-corrected chi connectivity index (χ1v) is 7.20. The zero-order valence-electron chi connectivity index (χ0n) is 11.8. The van der Waals surface area contributed by atoms with Gasteiger partial charge in [0.1, 0.15) is 11.6 Å². The predicted molar refractivity (Wildman–Crippen MR) is 82.0 cm³/mol. The number of hydrogen-bond donors (Lipinski definition) is 0. The fourth-order valence-electron chi connectivity index (χ4n) is 2.43. The van der Waals surface area contributed by atoms with Crippen molar-refractivity contribution in [3.63, 3.8) is 0 Å². The first kappa shape index (κ1) is 14.0. The second-order valence-electron chi connectivity index (χ2n) is 5.08. The van der Waals surface area contributed by atoms with E-state index in [-0.39, 0.29) is 11.2 Å². The molecular formula is C16H15ClFN3. The summed E-state index contributed by atoms with van der Waals surface area (Å²) in [6.07, 6.45) is 0. The minimum absolute atomic E-state index is 0.259. The lowest BCUT2D eigenvalue weighted by Crippen LogP contribution is -2.07. The minimum Gasteiger partial charge on any atom is -0.321 e. The molecule has 3 nitrogen and oxygen atoms in total. The number of aromatic nitrogens is 3. The highest BCUT2D eigenvalue weighted by Gasteiger charge is 2.16. The maximum Gasteiger partial charge on any atom is 0.128 e. The monoisotopic (exact) mass is 303 g/mol. The van der Waals surface area contributed by atoms with Crippen molar-refractivity contribution in [3.05, 3.63) is 59.4 Å². The van der Waals surface area contributed by atoms with E-state index in [0.717, 1.165) is 28.2 Å². The second-order valence-corrected chi connectivity index (χ2v) is 5.73. The van der Waals surface area contributed by atoms with Gasteiger partial charge in [-0.05, 0) is 44.2 Å². The van der Waals surface area contributed by atoms with Crippen LogP contribution in [0.25, 0.3) is 11.0 Å². The summed E-state index contributed by atoms with van der Waals surface area (Å²) in [6.45, 7) is 4.33. The Hall–Kier alpha value is -1.94. The van der Waals surface area contributed by atoms with Crippen molar-refractivity contribution in [2.45, 2.75) is 25.8 Å². The lowest BCUT2D eigenvalue weighted by molar-refractivity contribution is 0.628. The molecular weight excluding hydrogens is 289 g/mol. The van der Waals surface area contributed by atoms with Crippen LogP contribution >= 0.6 is 11.6 Å². The Morgan fingerprint density at radius 1 is 1.24 bits per heavy atom. The van der Waals surface area contributed by atoms with Crippen LogP contribution in [-0.4, -0.2) is 14.5 Å². The van der Waals surface area contributed by atoms with Gasteiger partial charge in [-0.3, -0.25) is 4.98 Å². The molecule has 5 heteroatoms. The molecule has 0 fully saturated rings. The van der Waals surface area contributed by atoms with Crippen molar-refractivity contribution in [3.8, 4) is 0 Å². The summed E-state index contributed by atoms with van der Waals surface area (Å²) in [5.74, 6) is 0.440. The van der Waals surface area contributed by atoms with E-state index in [1.807, 2.05) is 36.6 Å². The molecule has 0 spiro atoms. The van der Waals surface area contributed by atoms with Crippen molar-refractivity contribution in [1.82, 2.24) is 14.5 Å². The van der Waals surface area contributed by atoms with E-state index >= 15 is 0 Å². The van der Waals surface area contributed by atoms with Gasteiger partial charge in [0, 0.05) is 5.69 Å². The highest BCUT2D eigenvalue weighted by Crippen LogP contribution is 2.25. The number of imidazole rings is 1. The van der Waals surface area contributed by atoms with Gasteiger partial charge in [-0.25, -0.2) is 9.37 Å². The third-order valence-electron chi connectivity index (χ3n) is 3.36. The average Bonchev–Trinajstić information content (AvgIpc) is 2.77. The highest BCUT2D eigenvalue weighted by molar-refractivity contribution is 6.20. The summed E-state index contributed by atoms with van der Waals surface area (Å²) in [5, 5.41) is -0.259. The molecule has 108 valence electrons. The number of halogens is 2. The first-order valence-electron chi connectivity index (χ1n) is 6.77. The summed E-state index contributed by atoms with van der Waals surface area (Å²) in [5.41, 5.74) is 3.33. The lowest BCUT2D eigenvalue weighted by atomic mass is 10.2. The molecule has 3 rings (SSSR count). The molecule has 0 aliphatic heterocycles. The van der Waals surface area contributed by atoms with Crippen molar-refractivity contribution in [2.24, 2.45) is 0 Å². The SMILES string of the molecule is Cc1cccc(Cn2c(C(C)Cl)nc3ccc(F)cc32)n1. The number of alkyl halides is 1. The Labute approximate surface area is 127 Å². The van der Waals surface area contributed by atoms with Crippen molar-refractivity contribution >= 4 is 22.6 Å². The maximum atomic E-state index is 13.5. The molecule has 3 aromatic rings. The Morgan fingerprint density at radius 3 is 2.76 bits per heavy atom. The first-order chi connectivity index (χ1) is 10.0. The Bertz CT molecular complexity index is 795. The van der Waals surface area contributed by atoms with Crippen molar-refractivity contribution < 1.29 is 4.39 Å². The van der Waals surface area contributed by atoms with E-state index in [0.29, 0.717) is 6.54 Å². The van der Waals surface area contributed by atoms with Crippen LogP contribution in [0.3, 0.4) is 0 Å². The molecule has 0 N–H and O–H groups in total. The van der Waals surface area contributed by atoms with E-state index in [1.165, 1.54) is 12.1 Å². The molecule has 0 saturated heterocycles. The Balaban J connectivity index is 2.14. The molecule has 0 aliphatic carbocycles. The third kappa shape index (κ3) is 2.76. The molecule has 0 saturated carbocycles. The summed E-state index contributed by atoms with van der Waals surface area (Å²) in [4.78, 5) is 9.00. The van der Waals surface area contributed by atoms with Gasteiger partial charge in [0.25, 0.3) is 0 Å². The number of hydrogen-bond acceptors (Lipinski definition) is 2. The zero-order chi connectivity index (χ0) is 15.0. The zero-order valence-corrected chi connectivity index (χ0v) is 12.6. The number of pyridine rings is 1. The van der Waals surface area contributed by atoms with Crippen LogP contribution in [0.15, 0.2) is 36.4 Å². The summed E-state index contributed by atoms with van der Waals surface area (Å²) < 4.78 is 15.5. The van der Waals surface area contributed by atoms with Crippen LogP contribution in [0.2, 0.25) is 0 Å². The Morgan fingerprint density at radius 2 is 2.05 bits per heavy atom. The number of aryl methyl sites for hydroxylation is 1. The van der Waals surface area contributed by atoms with E-state index in [2.05, 4.69) is 9.97 Å². The summed E-state index contributed by atoms with van der Waals surface area (Å²) >= 11 is 6.22. The van der Waals surface area contributed by atoms with Gasteiger partial charge < -0.3 is 4.57 Å². The molecule has 1 atom stereocenters. The standard InChI is InChI=1S/C16H15ClFN3/c1-10-4-3-5-13(19-10)9-21-15-8-12(18)6-7-14(15)20-16(21)11(2)17/h3-8,11H,9H2,1-2H3. The van der Waals surface area contributed by atoms with Gasteiger partial charge in [-0.15, -0.1) is 11.6 Å². The normalized spacial score (nSPS) is 12.8. The Kier molecular flexibility index (Phi) is 3.64. The van der Waals surface area contributed by atoms with Crippen LogP contribution in [0.5, 0.6) is 0 Å². The van der Waals surface area contributed by atoms with Crippen molar-refractivity contribution in [1.29, 1.82) is 0 Å². The number of benzene rings is 1. The second kappa shape index (κ2) is 5.45. The molecule has 21 heavy (non-hydrogen) atoms. The molecule has 0 radical (unpaired) electrons. The van der Waals surface area contributed by atoms with Gasteiger partial charge in [0.2, 0.25) is 0 Å². The molecule has 2 aromatic heterocycles. The average molecular weight is 304 g/mol. The number of rotatable bonds is 3. The van der Waals surface area contributed by atoms with E-state index < -0.39 is 0 Å². The molecule has 0 aliphatic rings. The van der Waals surface area contributed by atoms with E-state index in [9.17, 15) is 4.39 Å². The molecule has 0 bridgehead atoms. The smallest absolute Gasteiger partial charge is 0.128 e. The molecule has 1 aromatic carbocycles. The quantitative estimate of drug-likeness (QED) is 0.678. The van der Waals surface area contributed by atoms with E-state index in [1.54, 1.807) is 6.07 Å². The topological polar surface area (TPSA) is 30.7 Å². The molecule has 1 unspecified atom stereocenters. The van der Waals surface area contributed by atoms with Gasteiger partial charge in [-0.2, -0.15) is 0 Å². The molecule has 0 amide bonds. The maximum absolute atomic E-state index is 13.5. The van der Waals surface area contributed by atoms with Gasteiger partial charge in [-0.1, -0.05) is 6.07 Å². The van der Waals surface area contributed by atoms with Crippen LogP contribution in [-0.2, 0) is 6.54 Å². The fourth-order valence-corrected chi connectivity index (χ4v) is 2.60. The fraction of sp³-hybridized carbons (Fsp3) is 0.250. The minimum atomic E-state index is -0.283. The van der Waals surface area contributed by atoms with Crippen LogP contribution in [0, 0.1) is 12.7 Å². The number of fused-ring (bicyclic) bond motifs is 1. The molecule has 2 heterocycles. The lowest BCUT2D eigenvalue weighted by Gasteiger charge is -2.10. The number of nitrogens with zero attached hydrogens (tertiary/aromatic N) is 3. The summed E-state index contributed by atoms with van der Waals surface area (Å²) in [6, 6.07) is 10.4. The van der Waals surface area contributed by atoms with Crippen LogP contribution < -0.4 is 0 Å². The van der Waals surface area contributed by atoms with Gasteiger partial charge >= 0.3 is 0 Å². The van der Waals surface area contributed by atoms with E-state index in [4.69, 9.17) is 11.6 Å². The van der Waals surface area contributed by atoms with Gasteiger partial charge in [0.15, 0.2) is 0 Å². The van der Waals surface area contributed by atoms with Crippen LogP contribution in [0.1, 0.15) is 29.5 Å². The highest BCUT2D eigenvalue weighted by atomic mass is 35.5. The predicted octanol–water partition coefficient (Wildman–Crippen LogP) is 4.23. The summed E-state index contributed by atoms with van der Waals surface area (Å²) in [7, 11) is 0. The third-order valence-corrected chi connectivity index (χ3v) is 3.56. The largest absolute Gasteiger partial charge is 0.321 e. The van der Waals surface area contributed by atoms with Gasteiger partial charge in [0.05, 0.1) is 28.6 Å². The van der Waals surface area contributed by atoms with Crippen LogP contribution in [0.4, 0.5) is 4.39 Å².